The number of anilines is 2. The van der Waals surface area contributed by atoms with E-state index in [2.05, 4.69) is 4.79 Å². The molecule has 1 heterocycles. The molecule has 2 aromatic carbocycles. The van der Waals surface area contributed by atoms with E-state index in [4.69, 9.17) is 0 Å². The Morgan fingerprint density at radius 2 is 1.92 bits per heavy atom. The van der Waals surface area contributed by atoms with Gasteiger partial charge < -0.3 is 15.6 Å². The summed E-state index contributed by atoms with van der Waals surface area (Å²) in [4.78, 5) is 16.1. The summed E-state index contributed by atoms with van der Waals surface area (Å²) in [5.41, 5.74) is 11.6. The molecular formula is C17H13F3N4O. The van der Waals surface area contributed by atoms with Gasteiger partial charge >= 0.3 is 17.9 Å². The van der Waals surface area contributed by atoms with Crippen LogP contribution in [-0.2, 0) is 17.8 Å². The number of alkyl halides is 3. The number of benzene rings is 2. The van der Waals surface area contributed by atoms with Gasteiger partial charge in [0, 0.05) is 17.3 Å². The van der Waals surface area contributed by atoms with E-state index in [1.54, 1.807) is 11.0 Å². The van der Waals surface area contributed by atoms with Crippen molar-refractivity contribution < 1.29 is 22.8 Å². The number of carbonyl (C=O) groups excluding carboxylic acids is 1. The van der Waals surface area contributed by atoms with E-state index >= 15 is 0 Å². The average Bonchev–Trinajstić information content (AvgIpc) is 2.92. The van der Waals surface area contributed by atoms with Crippen molar-refractivity contribution >= 4 is 23.1 Å². The number of carbonyl (C=O) groups is 1. The monoisotopic (exact) mass is 346 g/mol. The van der Waals surface area contributed by atoms with E-state index in [-0.39, 0.29) is 5.69 Å². The first-order valence-corrected chi connectivity index (χ1v) is 7.42. The molecule has 0 atom stereocenters. The van der Waals surface area contributed by atoms with Crippen LogP contribution in [0.15, 0.2) is 48.5 Å². The fourth-order valence-electron chi connectivity index (χ4n) is 2.68. The Labute approximate surface area is 141 Å². The van der Waals surface area contributed by atoms with Crippen LogP contribution >= 0.6 is 0 Å². The molecule has 5 nitrogen and oxygen atoms in total. The number of amidine groups is 1. The number of hydrogen-bond acceptors (Lipinski definition) is 1. The van der Waals surface area contributed by atoms with Gasteiger partial charge in [-0.25, -0.2) is 4.90 Å². The standard InChI is InChI=1S/C17H13F3N4O/c18-17(19,20)16(25)22-13-7-6-12-8-15(23-21)24(14(12)9-13)10-11-4-2-1-3-5-11/h1-7,9H,8,10H2,(H,22,25). The fourth-order valence-corrected chi connectivity index (χ4v) is 2.68. The molecule has 0 spiro atoms. The SMILES string of the molecule is [N-]=[N+]=C1Cc2ccc(NC(=O)C(F)(F)F)cc2N1Cc1ccccc1. The Morgan fingerprint density at radius 1 is 1.20 bits per heavy atom. The summed E-state index contributed by atoms with van der Waals surface area (Å²) in [6.07, 6.45) is -4.60. The molecule has 0 aliphatic carbocycles. The van der Waals surface area contributed by atoms with Gasteiger partial charge in [0.05, 0.1) is 6.42 Å². The fraction of sp³-hybridized carbons (Fsp3) is 0.176. The second kappa shape index (κ2) is 6.41. The van der Waals surface area contributed by atoms with Crippen LogP contribution in [-0.4, -0.2) is 22.7 Å². The zero-order valence-corrected chi connectivity index (χ0v) is 12.9. The normalized spacial score (nSPS) is 13.4. The smallest absolute Gasteiger partial charge is 0.471 e. The van der Waals surface area contributed by atoms with Gasteiger partial charge in [0.15, 0.2) is 0 Å². The number of hydrogen-bond donors (Lipinski definition) is 1. The van der Waals surface area contributed by atoms with Gasteiger partial charge in [0.1, 0.15) is 12.2 Å². The van der Waals surface area contributed by atoms with Crippen molar-refractivity contribution in [2.75, 3.05) is 10.2 Å². The van der Waals surface area contributed by atoms with Crippen molar-refractivity contribution in [1.82, 2.24) is 0 Å². The largest absolute Gasteiger partial charge is 0.497 e. The van der Waals surface area contributed by atoms with Gasteiger partial charge in [-0.2, -0.15) is 13.2 Å². The minimum absolute atomic E-state index is 0.0262. The first-order valence-electron chi connectivity index (χ1n) is 7.42. The summed E-state index contributed by atoms with van der Waals surface area (Å²) < 4.78 is 37.2. The zero-order valence-electron chi connectivity index (χ0n) is 12.9. The van der Waals surface area contributed by atoms with Gasteiger partial charge in [0.2, 0.25) is 0 Å². The third kappa shape index (κ3) is 3.54. The molecule has 1 aliphatic rings. The number of halogens is 3. The highest BCUT2D eigenvalue weighted by Crippen LogP contribution is 2.33. The van der Waals surface area contributed by atoms with Gasteiger partial charge in [-0.05, 0) is 11.6 Å². The Morgan fingerprint density at radius 3 is 2.56 bits per heavy atom. The molecule has 0 radical (unpaired) electrons. The topological polar surface area (TPSA) is 68.7 Å². The number of nitrogens with zero attached hydrogens (tertiary/aromatic N) is 3. The molecule has 1 aliphatic heterocycles. The predicted octanol–water partition coefficient (Wildman–Crippen LogP) is 3.38. The summed E-state index contributed by atoms with van der Waals surface area (Å²) in [6, 6.07) is 13.8. The van der Waals surface area contributed by atoms with Crippen molar-refractivity contribution in [3.63, 3.8) is 0 Å². The molecule has 25 heavy (non-hydrogen) atoms. The van der Waals surface area contributed by atoms with Crippen molar-refractivity contribution in [3.8, 4) is 0 Å². The summed E-state index contributed by atoms with van der Waals surface area (Å²) >= 11 is 0. The second-order valence-electron chi connectivity index (χ2n) is 5.56. The van der Waals surface area contributed by atoms with E-state index in [0.717, 1.165) is 11.1 Å². The van der Waals surface area contributed by atoms with Gasteiger partial charge in [0.25, 0.3) is 0 Å². The van der Waals surface area contributed by atoms with E-state index < -0.39 is 12.1 Å². The maximum atomic E-state index is 12.4. The third-order valence-electron chi connectivity index (χ3n) is 3.85. The summed E-state index contributed by atoms with van der Waals surface area (Å²) in [5.74, 6) is -1.64. The quantitative estimate of drug-likeness (QED) is 0.684. The van der Waals surface area contributed by atoms with Crippen molar-refractivity contribution in [2.24, 2.45) is 0 Å². The molecule has 1 N–H and O–H groups in total. The molecular weight excluding hydrogens is 333 g/mol. The van der Waals surface area contributed by atoms with E-state index in [9.17, 15) is 23.5 Å². The Kier molecular flexibility index (Phi) is 4.29. The van der Waals surface area contributed by atoms with E-state index in [1.807, 2.05) is 35.6 Å². The Hall–Kier alpha value is -3.12. The van der Waals surface area contributed by atoms with Crippen LogP contribution in [0.4, 0.5) is 24.5 Å². The number of rotatable bonds is 3. The van der Waals surface area contributed by atoms with Crippen LogP contribution < -0.4 is 10.2 Å². The van der Waals surface area contributed by atoms with Crippen LogP contribution in [0.2, 0.25) is 0 Å². The van der Waals surface area contributed by atoms with Crippen LogP contribution in [0.1, 0.15) is 11.1 Å². The molecule has 0 fully saturated rings. The van der Waals surface area contributed by atoms with Gasteiger partial charge in [-0.1, -0.05) is 36.4 Å². The highest BCUT2D eigenvalue weighted by atomic mass is 19.4. The molecule has 0 aromatic heterocycles. The minimum Gasteiger partial charge on any atom is -0.497 e. The Bertz CT molecular complexity index is 858. The first kappa shape index (κ1) is 16.7. The molecule has 128 valence electrons. The second-order valence-corrected chi connectivity index (χ2v) is 5.56. The van der Waals surface area contributed by atoms with Crippen LogP contribution in [0.5, 0.6) is 0 Å². The lowest BCUT2D eigenvalue weighted by Crippen LogP contribution is -2.30. The summed E-state index contributed by atoms with van der Waals surface area (Å²) in [5, 5.41) is 1.84. The molecule has 0 saturated heterocycles. The maximum absolute atomic E-state index is 12.4. The molecule has 2 aromatic rings. The van der Waals surface area contributed by atoms with Crippen molar-refractivity contribution in [2.45, 2.75) is 19.1 Å². The van der Waals surface area contributed by atoms with Crippen molar-refractivity contribution in [1.29, 1.82) is 0 Å². The molecule has 1 amide bonds. The van der Waals surface area contributed by atoms with Crippen LogP contribution in [0.3, 0.4) is 0 Å². The molecule has 0 bridgehead atoms. The molecule has 0 saturated carbocycles. The van der Waals surface area contributed by atoms with Crippen molar-refractivity contribution in [3.05, 3.63) is 65.2 Å². The highest BCUT2D eigenvalue weighted by molar-refractivity contribution is 6.03. The Balaban J connectivity index is 1.91. The third-order valence-corrected chi connectivity index (χ3v) is 3.85. The van der Waals surface area contributed by atoms with E-state index in [0.29, 0.717) is 24.5 Å². The molecule has 0 unspecified atom stereocenters. The number of nitrogens with one attached hydrogen (secondary N) is 1. The average molecular weight is 346 g/mol. The summed E-state index contributed by atoms with van der Waals surface area (Å²) in [7, 11) is 0. The summed E-state index contributed by atoms with van der Waals surface area (Å²) in [6.45, 7) is 0.393. The van der Waals surface area contributed by atoms with Gasteiger partial charge in [-0.15, -0.1) is 0 Å². The highest BCUT2D eigenvalue weighted by Gasteiger charge is 2.39. The lowest BCUT2D eigenvalue weighted by atomic mass is 10.1. The number of fused-ring (bicyclic) bond motifs is 1. The lowest BCUT2D eigenvalue weighted by molar-refractivity contribution is -0.167. The minimum atomic E-state index is -4.96. The predicted molar refractivity (Wildman–Crippen MR) is 86.1 cm³/mol. The molecule has 3 rings (SSSR count). The van der Waals surface area contributed by atoms with Crippen LogP contribution in [0, 0.1) is 0 Å². The van der Waals surface area contributed by atoms with E-state index in [1.165, 1.54) is 12.1 Å². The van der Waals surface area contributed by atoms with Gasteiger partial charge in [-0.3, -0.25) is 4.79 Å². The van der Waals surface area contributed by atoms with Crippen LogP contribution in [0.25, 0.3) is 5.53 Å². The lowest BCUT2D eigenvalue weighted by Gasteiger charge is -2.13. The molecule has 8 heteroatoms. The first-order chi connectivity index (χ1) is 11.9. The number of amides is 1. The maximum Gasteiger partial charge on any atom is 0.471 e. The zero-order chi connectivity index (χ0) is 18.0.